The highest BCUT2D eigenvalue weighted by Gasteiger charge is 2.03. The Morgan fingerprint density at radius 3 is 2.47 bits per heavy atom. The third-order valence-electron chi connectivity index (χ3n) is 1.71. The van der Waals surface area contributed by atoms with E-state index in [0.717, 1.165) is 0 Å². The van der Waals surface area contributed by atoms with E-state index in [1.54, 1.807) is 12.1 Å². The molecule has 0 atom stereocenters. The molecule has 0 amide bonds. The number of benzene rings is 1. The lowest BCUT2D eigenvalue weighted by atomic mass is 10.3. The molecule has 5 heteroatoms. The Balaban J connectivity index is 2.22. The summed E-state index contributed by atoms with van der Waals surface area (Å²) in [6.45, 7) is 0. The number of anilines is 1. The average Bonchev–Trinajstić information content (AvgIpc) is 2.25. The van der Waals surface area contributed by atoms with Gasteiger partial charge in [-0.05, 0) is 12.1 Å². The minimum Gasteiger partial charge on any atom is -0.451 e. The van der Waals surface area contributed by atoms with Crippen LogP contribution in [0.3, 0.4) is 0 Å². The van der Waals surface area contributed by atoms with Crippen LogP contribution in [0.2, 0.25) is 0 Å². The molecule has 0 fully saturated rings. The molecule has 2 rings (SSSR count). The zero-order valence-corrected chi connectivity index (χ0v) is 7.72. The molecular weight excluding hydrogens is 197 g/mol. The van der Waals surface area contributed by atoms with Gasteiger partial charge in [0, 0.05) is 0 Å². The second-order valence-corrected chi connectivity index (χ2v) is 2.81. The average molecular weight is 205 g/mol. The standard InChI is InChI=1S/C10H8FN3O/c11-8-3-1-2-4-9(8)15-7-5-13-10(12)14-6-7/h1-6H,(H2,12,13,14). The Bertz CT molecular complexity index is 458. The molecular formula is C10H8FN3O. The van der Waals surface area contributed by atoms with Gasteiger partial charge in [-0.1, -0.05) is 12.1 Å². The summed E-state index contributed by atoms with van der Waals surface area (Å²) in [4.78, 5) is 7.45. The molecule has 0 aliphatic heterocycles. The van der Waals surface area contributed by atoms with E-state index in [0.29, 0.717) is 5.75 Å². The van der Waals surface area contributed by atoms with Crippen molar-refractivity contribution in [3.63, 3.8) is 0 Å². The van der Waals surface area contributed by atoms with Crippen molar-refractivity contribution < 1.29 is 9.13 Å². The number of hydrogen-bond acceptors (Lipinski definition) is 4. The van der Waals surface area contributed by atoms with Gasteiger partial charge in [0.25, 0.3) is 0 Å². The fraction of sp³-hybridized carbons (Fsp3) is 0. The van der Waals surface area contributed by atoms with Crippen LogP contribution < -0.4 is 10.5 Å². The summed E-state index contributed by atoms with van der Waals surface area (Å²) in [5, 5.41) is 0. The molecule has 1 aromatic carbocycles. The van der Waals surface area contributed by atoms with E-state index >= 15 is 0 Å². The first-order chi connectivity index (χ1) is 7.25. The molecule has 76 valence electrons. The zero-order chi connectivity index (χ0) is 10.7. The van der Waals surface area contributed by atoms with Crippen LogP contribution in [0.5, 0.6) is 11.5 Å². The lowest BCUT2D eigenvalue weighted by molar-refractivity contribution is 0.439. The summed E-state index contributed by atoms with van der Waals surface area (Å²) >= 11 is 0. The normalized spacial score (nSPS) is 9.93. The van der Waals surface area contributed by atoms with E-state index in [1.165, 1.54) is 24.5 Å². The van der Waals surface area contributed by atoms with Gasteiger partial charge in [-0.15, -0.1) is 0 Å². The number of nitrogens with two attached hydrogens (primary N) is 1. The van der Waals surface area contributed by atoms with Gasteiger partial charge < -0.3 is 10.5 Å². The van der Waals surface area contributed by atoms with E-state index in [4.69, 9.17) is 10.5 Å². The number of nitrogens with zero attached hydrogens (tertiary/aromatic N) is 2. The van der Waals surface area contributed by atoms with E-state index in [2.05, 4.69) is 9.97 Å². The minimum atomic E-state index is -0.436. The highest BCUT2D eigenvalue weighted by atomic mass is 19.1. The lowest BCUT2D eigenvalue weighted by Gasteiger charge is -2.04. The fourth-order valence-corrected chi connectivity index (χ4v) is 1.03. The smallest absolute Gasteiger partial charge is 0.220 e. The Hall–Kier alpha value is -2.17. The van der Waals surface area contributed by atoms with E-state index in [9.17, 15) is 4.39 Å². The monoisotopic (exact) mass is 205 g/mol. The SMILES string of the molecule is Nc1ncc(Oc2ccccc2F)cn1. The molecule has 0 aliphatic carbocycles. The molecule has 0 bridgehead atoms. The number of para-hydroxylation sites is 1. The van der Waals surface area contributed by atoms with Gasteiger partial charge in [0.1, 0.15) is 0 Å². The van der Waals surface area contributed by atoms with Crippen LogP contribution >= 0.6 is 0 Å². The number of halogens is 1. The van der Waals surface area contributed by atoms with Crippen LogP contribution in [-0.4, -0.2) is 9.97 Å². The van der Waals surface area contributed by atoms with Crippen molar-refractivity contribution >= 4 is 5.95 Å². The molecule has 1 aromatic heterocycles. The maximum atomic E-state index is 13.2. The molecule has 0 radical (unpaired) electrons. The summed E-state index contributed by atoms with van der Waals surface area (Å²) < 4.78 is 18.4. The number of ether oxygens (including phenoxy) is 1. The first-order valence-corrected chi connectivity index (χ1v) is 4.25. The van der Waals surface area contributed by atoms with Crippen molar-refractivity contribution in [2.24, 2.45) is 0 Å². The van der Waals surface area contributed by atoms with Crippen LogP contribution in [0.4, 0.5) is 10.3 Å². The molecule has 2 N–H and O–H groups in total. The van der Waals surface area contributed by atoms with Crippen molar-refractivity contribution in [1.29, 1.82) is 0 Å². The van der Waals surface area contributed by atoms with E-state index in [1.807, 2.05) is 0 Å². The first kappa shape index (κ1) is 9.39. The quantitative estimate of drug-likeness (QED) is 0.814. The Kier molecular flexibility index (Phi) is 2.45. The van der Waals surface area contributed by atoms with Crippen LogP contribution in [0.15, 0.2) is 36.7 Å². The number of rotatable bonds is 2. The molecule has 1 heterocycles. The highest BCUT2D eigenvalue weighted by molar-refractivity contribution is 5.30. The summed E-state index contributed by atoms with van der Waals surface area (Å²) in [6, 6.07) is 6.09. The number of hydrogen-bond donors (Lipinski definition) is 1. The van der Waals surface area contributed by atoms with Crippen molar-refractivity contribution in [1.82, 2.24) is 9.97 Å². The third-order valence-corrected chi connectivity index (χ3v) is 1.71. The Morgan fingerprint density at radius 2 is 1.80 bits per heavy atom. The molecule has 0 spiro atoms. The second-order valence-electron chi connectivity index (χ2n) is 2.81. The molecule has 15 heavy (non-hydrogen) atoms. The molecule has 0 unspecified atom stereocenters. The first-order valence-electron chi connectivity index (χ1n) is 4.25. The largest absolute Gasteiger partial charge is 0.451 e. The Labute approximate surface area is 85.5 Å². The van der Waals surface area contributed by atoms with Crippen molar-refractivity contribution in [2.75, 3.05) is 5.73 Å². The highest BCUT2D eigenvalue weighted by Crippen LogP contribution is 2.22. The van der Waals surface area contributed by atoms with Crippen molar-refractivity contribution in [3.8, 4) is 11.5 Å². The van der Waals surface area contributed by atoms with Crippen LogP contribution in [-0.2, 0) is 0 Å². The third kappa shape index (κ3) is 2.19. The van der Waals surface area contributed by atoms with Crippen molar-refractivity contribution in [2.45, 2.75) is 0 Å². The molecule has 0 saturated heterocycles. The Morgan fingerprint density at radius 1 is 1.13 bits per heavy atom. The number of aromatic nitrogens is 2. The summed E-state index contributed by atoms with van der Waals surface area (Å²) in [5.41, 5.74) is 5.30. The van der Waals surface area contributed by atoms with Gasteiger partial charge in [-0.2, -0.15) is 0 Å². The number of nitrogen functional groups attached to an aromatic ring is 1. The van der Waals surface area contributed by atoms with Gasteiger partial charge in [0.15, 0.2) is 17.3 Å². The van der Waals surface area contributed by atoms with Crippen LogP contribution in [0.25, 0.3) is 0 Å². The maximum absolute atomic E-state index is 13.2. The van der Waals surface area contributed by atoms with Gasteiger partial charge in [0.2, 0.25) is 5.95 Å². The predicted molar refractivity (Wildman–Crippen MR) is 52.9 cm³/mol. The van der Waals surface area contributed by atoms with E-state index in [-0.39, 0.29) is 11.7 Å². The van der Waals surface area contributed by atoms with Gasteiger partial charge >= 0.3 is 0 Å². The fourth-order valence-electron chi connectivity index (χ4n) is 1.03. The van der Waals surface area contributed by atoms with Crippen molar-refractivity contribution in [3.05, 3.63) is 42.5 Å². The minimum absolute atomic E-state index is 0.130. The second kappa shape index (κ2) is 3.91. The predicted octanol–water partition coefficient (Wildman–Crippen LogP) is 1.99. The van der Waals surface area contributed by atoms with Gasteiger partial charge in [-0.25, -0.2) is 14.4 Å². The van der Waals surface area contributed by atoms with Gasteiger partial charge in [0.05, 0.1) is 12.4 Å². The van der Waals surface area contributed by atoms with Crippen LogP contribution in [0, 0.1) is 5.82 Å². The summed E-state index contributed by atoms with van der Waals surface area (Å²) in [7, 11) is 0. The summed E-state index contributed by atoms with van der Waals surface area (Å²) in [6.07, 6.45) is 2.77. The maximum Gasteiger partial charge on any atom is 0.220 e. The summed E-state index contributed by atoms with van der Waals surface area (Å²) in [5.74, 6) is 0.186. The van der Waals surface area contributed by atoms with Gasteiger partial charge in [-0.3, -0.25) is 0 Å². The molecule has 4 nitrogen and oxygen atoms in total. The van der Waals surface area contributed by atoms with Crippen LogP contribution in [0.1, 0.15) is 0 Å². The molecule has 0 saturated carbocycles. The lowest BCUT2D eigenvalue weighted by Crippen LogP contribution is -1.95. The topological polar surface area (TPSA) is 61.0 Å². The van der Waals surface area contributed by atoms with E-state index < -0.39 is 5.82 Å². The molecule has 2 aromatic rings. The zero-order valence-electron chi connectivity index (χ0n) is 7.72. The molecule has 0 aliphatic rings.